The number of hydrogen-bond donors (Lipinski definition) is 1. The number of nitrogens with zero attached hydrogens (tertiary/aromatic N) is 2. The van der Waals surface area contributed by atoms with E-state index in [2.05, 4.69) is 5.10 Å². The molecule has 2 N–H and O–H groups in total. The van der Waals surface area contributed by atoms with Crippen molar-refractivity contribution in [2.45, 2.75) is 13.0 Å². The Kier molecular flexibility index (Phi) is 3.24. The van der Waals surface area contributed by atoms with Gasteiger partial charge in [0.05, 0.1) is 17.3 Å². The Morgan fingerprint density at radius 1 is 1.20 bits per heavy atom. The lowest BCUT2D eigenvalue weighted by Gasteiger charge is -2.11. The molecule has 0 radical (unpaired) electrons. The molecule has 0 saturated heterocycles. The Morgan fingerprint density at radius 2 is 1.95 bits per heavy atom. The quantitative estimate of drug-likeness (QED) is 0.782. The second-order valence-electron chi connectivity index (χ2n) is 5.01. The first-order valence-corrected chi connectivity index (χ1v) is 6.89. The minimum Gasteiger partial charge on any atom is -0.319 e. The van der Waals surface area contributed by atoms with Crippen molar-refractivity contribution < 1.29 is 0 Å². The molecule has 3 rings (SSSR count). The monoisotopic (exact) mass is 285 g/mol. The number of aryl methyl sites for hydroxylation is 2. The molecule has 2 aromatic carbocycles. The summed E-state index contributed by atoms with van der Waals surface area (Å²) in [6.45, 7) is 1.98. The zero-order valence-electron chi connectivity index (χ0n) is 11.5. The number of fused-ring (bicyclic) bond motifs is 1. The maximum Gasteiger partial charge on any atom is 0.0915 e. The Hall–Kier alpha value is -1.84. The van der Waals surface area contributed by atoms with Gasteiger partial charge in [0, 0.05) is 17.5 Å². The van der Waals surface area contributed by atoms with Crippen LogP contribution in [0.25, 0.3) is 10.9 Å². The van der Waals surface area contributed by atoms with Gasteiger partial charge in [-0.3, -0.25) is 4.68 Å². The second-order valence-corrected chi connectivity index (χ2v) is 5.42. The van der Waals surface area contributed by atoms with Crippen molar-refractivity contribution in [2.75, 3.05) is 0 Å². The van der Waals surface area contributed by atoms with Gasteiger partial charge in [0.15, 0.2) is 0 Å². The maximum absolute atomic E-state index is 6.38. The van der Waals surface area contributed by atoms with Crippen molar-refractivity contribution in [3.8, 4) is 0 Å². The van der Waals surface area contributed by atoms with Gasteiger partial charge in [0.25, 0.3) is 0 Å². The first kappa shape index (κ1) is 13.2. The Labute approximate surface area is 123 Å². The number of para-hydroxylation sites is 1. The molecule has 1 heterocycles. The first-order chi connectivity index (χ1) is 9.58. The van der Waals surface area contributed by atoms with Crippen LogP contribution < -0.4 is 5.73 Å². The maximum atomic E-state index is 6.38. The average Bonchev–Trinajstić information content (AvgIpc) is 2.79. The summed E-state index contributed by atoms with van der Waals surface area (Å²) in [4.78, 5) is 0. The highest BCUT2D eigenvalue weighted by molar-refractivity contribution is 6.31. The number of nitrogens with two attached hydrogens (primary N) is 1. The smallest absolute Gasteiger partial charge is 0.0915 e. The van der Waals surface area contributed by atoms with E-state index in [1.807, 2.05) is 61.1 Å². The van der Waals surface area contributed by atoms with Crippen molar-refractivity contribution in [3.63, 3.8) is 0 Å². The van der Waals surface area contributed by atoms with Gasteiger partial charge in [0.2, 0.25) is 0 Å². The Bertz CT molecular complexity index is 776. The fourth-order valence-electron chi connectivity index (χ4n) is 2.43. The molecule has 1 unspecified atom stereocenters. The lowest BCUT2D eigenvalue weighted by molar-refractivity contribution is 0.732. The van der Waals surface area contributed by atoms with Crippen LogP contribution in [0.3, 0.4) is 0 Å². The van der Waals surface area contributed by atoms with Crippen LogP contribution in [-0.2, 0) is 7.05 Å². The molecule has 0 saturated carbocycles. The predicted octanol–water partition coefficient (Wildman–Crippen LogP) is 3.58. The number of aromatic nitrogens is 2. The van der Waals surface area contributed by atoms with E-state index in [0.717, 1.165) is 32.7 Å². The topological polar surface area (TPSA) is 43.8 Å². The van der Waals surface area contributed by atoms with Crippen molar-refractivity contribution in [1.29, 1.82) is 0 Å². The van der Waals surface area contributed by atoms with Crippen LogP contribution >= 0.6 is 11.6 Å². The third-order valence-corrected chi connectivity index (χ3v) is 4.04. The van der Waals surface area contributed by atoms with Crippen LogP contribution in [-0.4, -0.2) is 9.78 Å². The van der Waals surface area contributed by atoms with Gasteiger partial charge in [0.1, 0.15) is 0 Å². The summed E-state index contributed by atoms with van der Waals surface area (Å²) < 4.78 is 1.86. The van der Waals surface area contributed by atoms with Crippen LogP contribution in [0.15, 0.2) is 42.5 Å². The third-order valence-electron chi connectivity index (χ3n) is 3.64. The summed E-state index contributed by atoms with van der Waals surface area (Å²) in [5.74, 6) is 0. The third kappa shape index (κ3) is 2.09. The zero-order chi connectivity index (χ0) is 14.3. The van der Waals surface area contributed by atoms with Gasteiger partial charge in [-0.05, 0) is 30.2 Å². The van der Waals surface area contributed by atoms with Crippen molar-refractivity contribution in [2.24, 2.45) is 12.8 Å². The van der Waals surface area contributed by atoms with Gasteiger partial charge in [-0.15, -0.1) is 0 Å². The molecule has 0 aliphatic rings. The van der Waals surface area contributed by atoms with Gasteiger partial charge in [-0.25, -0.2) is 0 Å². The van der Waals surface area contributed by atoms with E-state index < -0.39 is 0 Å². The van der Waals surface area contributed by atoms with Gasteiger partial charge >= 0.3 is 0 Å². The lowest BCUT2D eigenvalue weighted by atomic mass is 10.0. The van der Waals surface area contributed by atoms with E-state index >= 15 is 0 Å². The lowest BCUT2D eigenvalue weighted by Crippen LogP contribution is -2.13. The molecule has 1 aromatic heterocycles. The zero-order valence-corrected chi connectivity index (χ0v) is 12.2. The molecule has 0 aliphatic carbocycles. The SMILES string of the molecule is Cc1ccc(C(N)c2nn(C)c3ccccc23)cc1Cl. The van der Waals surface area contributed by atoms with Crippen LogP contribution in [0, 0.1) is 6.92 Å². The Morgan fingerprint density at radius 3 is 2.70 bits per heavy atom. The number of rotatable bonds is 2. The molecule has 3 nitrogen and oxygen atoms in total. The molecule has 0 aliphatic heterocycles. The summed E-state index contributed by atoms with van der Waals surface area (Å²) in [6, 6.07) is 13.7. The van der Waals surface area contributed by atoms with Crippen molar-refractivity contribution in [3.05, 3.63) is 64.3 Å². The molecular formula is C16H16ClN3. The highest BCUT2D eigenvalue weighted by Gasteiger charge is 2.17. The van der Waals surface area contributed by atoms with E-state index in [0.29, 0.717) is 0 Å². The van der Waals surface area contributed by atoms with E-state index in [1.54, 1.807) is 0 Å². The normalized spacial score (nSPS) is 12.8. The summed E-state index contributed by atoms with van der Waals surface area (Å²) in [7, 11) is 1.93. The van der Waals surface area contributed by atoms with Crippen LogP contribution in [0.5, 0.6) is 0 Å². The minimum absolute atomic E-state index is 0.279. The number of halogens is 1. The van der Waals surface area contributed by atoms with Gasteiger partial charge in [-0.2, -0.15) is 5.10 Å². The van der Waals surface area contributed by atoms with Crippen molar-refractivity contribution >= 4 is 22.5 Å². The molecule has 0 amide bonds. The molecule has 3 aromatic rings. The van der Waals surface area contributed by atoms with Crippen LogP contribution in [0.2, 0.25) is 5.02 Å². The summed E-state index contributed by atoms with van der Waals surface area (Å²) in [5, 5.41) is 6.38. The number of benzene rings is 2. The largest absolute Gasteiger partial charge is 0.319 e. The molecule has 102 valence electrons. The highest BCUT2D eigenvalue weighted by Crippen LogP contribution is 2.28. The molecule has 1 atom stereocenters. The van der Waals surface area contributed by atoms with Crippen LogP contribution in [0.4, 0.5) is 0 Å². The standard InChI is InChI=1S/C16H16ClN3/c1-10-7-8-11(9-13(10)17)15(18)16-12-5-3-4-6-14(12)20(2)19-16/h3-9,15H,18H2,1-2H3. The van der Waals surface area contributed by atoms with Crippen LogP contribution in [0.1, 0.15) is 22.9 Å². The molecule has 0 fully saturated rings. The summed E-state index contributed by atoms with van der Waals surface area (Å²) >= 11 is 6.19. The second kappa shape index (κ2) is 4.93. The summed E-state index contributed by atoms with van der Waals surface area (Å²) in [5.41, 5.74) is 10.4. The molecule has 0 spiro atoms. The molecule has 0 bridgehead atoms. The fraction of sp³-hybridized carbons (Fsp3) is 0.188. The average molecular weight is 286 g/mol. The van der Waals surface area contributed by atoms with Gasteiger partial charge in [-0.1, -0.05) is 41.9 Å². The minimum atomic E-state index is -0.279. The first-order valence-electron chi connectivity index (χ1n) is 6.51. The summed E-state index contributed by atoms with van der Waals surface area (Å²) in [6.07, 6.45) is 0. The van der Waals surface area contributed by atoms with E-state index in [-0.39, 0.29) is 6.04 Å². The number of hydrogen-bond acceptors (Lipinski definition) is 2. The van der Waals surface area contributed by atoms with Gasteiger partial charge < -0.3 is 5.73 Å². The molecular weight excluding hydrogens is 270 g/mol. The molecule has 4 heteroatoms. The van der Waals surface area contributed by atoms with E-state index in [9.17, 15) is 0 Å². The van der Waals surface area contributed by atoms with E-state index in [1.165, 1.54) is 0 Å². The predicted molar refractivity (Wildman–Crippen MR) is 82.9 cm³/mol. The van der Waals surface area contributed by atoms with Crippen molar-refractivity contribution in [1.82, 2.24) is 9.78 Å². The fourth-order valence-corrected chi connectivity index (χ4v) is 2.62. The molecule has 20 heavy (non-hydrogen) atoms. The Balaban J connectivity index is 2.12. The highest BCUT2D eigenvalue weighted by atomic mass is 35.5. The van der Waals surface area contributed by atoms with E-state index in [4.69, 9.17) is 17.3 Å².